The van der Waals surface area contributed by atoms with Crippen LogP contribution in [0.5, 0.6) is 0 Å². The maximum atomic E-state index is 11.8. The van der Waals surface area contributed by atoms with Gasteiger partial charge in [0.05, 0.1) is 18.2 Å². The van der Waals surface area contributed by atoms with Crippen molar-refractivity contribution in [1.29, 1.82) is 0 Å². The van der Waals surface area contributed by atoms with Crippen LogP contribution in [0.4, 0.5) is 4.79 Å². The minimum Gasteiger partial charge on any atom is -0.449 e. The van der Waals surface area contributed by atoms with E-state index in [1.165, 1.54) is 5.56 Å². The van der Waals surface area contributed by atoms with Gasteiger partial charge in [0.1, 0.15) is 0 Å². The lowest BCUT2D eigenvalue weighted by Gasteiger charge is -2.26. The highest BCUT2D eigenvalue weighted by Crippen LogP contribution is 2.33. The number of benzene rings is 1. The van der Waals surface area contributed by atoms with E-state index < -0.39 is 0 Å². The van der Waals surface area contributed by atoms with Gasteiger partial charge in [-0.25, -0.2) is 15.2 Å². The molecule has 1 aliphatic rings. The number of nitrogens with one attached hydrogen (secondary N) is 1. The predicted octanol–water partition coefficient (Wildman–Crippen LogP) is 2.66. The molecule has 4 nitrogen and oxygen atoms in total. The molecule has 1 saturated heterocycles. The summed E-state index contributed by atoms with van der Waals surface area (Å²) >= 11 is 0. The molecule has 4 heteroatoms. The highest BCUT2D eigenvalue weighted by molar-refractivity contribution is 5.68. The largest absolute Gasteiger partial charge is 0.449 e. The maximum Gasteiger partial charge on any atom is 0.424 e. The molecule has 18 heavy (non-hydrogen) atoms. The number of hydrogen-bond donors (Lipinski definition) is 1. The Bertz CT molecular complexity index is 421. The van der Waals surface area contributed by atoms with Crippen LogP contribution in [0, 0.1) is 0 Å². The minimum atomic E-state index is -0.301. The van der Waals surface area contributed by atoms with Gasteiger partial charge in [-0.05, 0) is 32.8 Å². The molecule has 0 radical (unpaired) electrons. The zero-order valence-corrected chi connectivity index (χ0v) is 11.1. The quantitative estimate of drug-likeness (QED) is 0.874. The number of hydrogen-bond acceptors (Lipinski definition) is 3. The van der Waals surface area contributed by atoms with Crippen LogP contribution in [0.15, 0.2) is 30.3 Å². The molecule has 0 aromatic heterocycles. The summed E-state index contributed by atoms with van der Waals surface area (Å²) in [7, 11) is 0. The Kier molecular flexibility index (Phi) is 3.57. The summed E-state index contributed by atoms with van der Waals surface area (Å²) in [5.41, 5.74) is 4.25. The lowest BCUT2D eigenvalue weighted by Crippen LogP contribution is -2.46. The summed E-state index contributed by atoms with van der Waals surface area (Å²) < 4.78 is 5.05. The van der Waals surface area contributed by atoms with Crippen molar-refractivity contribution in [1.82, 2.24) is 10.4 Å². The second-order valence-electron chi connectivity index (χ2n) is 4.93. The first-order valence-electron chi connectivity index (χ1n) is 6.36. The molecular weight excluding hydrogens is 228 g/mol. The topological polar surface area (TPSA) is 41.6 Å². The van der Waals surface area contributed by atoms with Gasteiger partial charge in [-0.2, -0.15) is 0 Å². The van der Waals surface area contributed by atoms with Gasteiger partial charge in [0, 0.05) is 0 Å². The van der Waals surface area contributed by atoms with E-state index in [2.05, 4.69) is 24.5 Å². The van der Waals surface area contributed by atoms with Gasteiger partial charge in [-0.3, -0.25) is 0 Å². The molecule has 0 aliphatic carbocycles. The van der Waals surface area contributed by atoms with Crippen LogP contribution in [0.25, 0.3) is 0 Å². The first-order chi connectivity index (χ1) is 8.57. The van der Waals surface area contributed by atoms with Gasteiger partial charge in [0.2, 0.25) is 0 Å². The summed E-state index contributed by atoms with van der Waals surface area (Å²) in [6.07, 6.45) is 0.570. The molecule has 1 fully saturated rings. The Labute approximate surface area is 108 Å². The van der Waals surface area contributed by atoms with Crippen molar-refractivity contribution in [3.05, 3.63) is 35.9 Å². The molecule has 1 aliphatic heterocycles. The smallest absolute Gasteiger partial charge is 0.424 e. The van der Waals surface area contributed by atoms with Gasteiger partial charge in [-0.1, -0.05) is 30.3 Å². The van der Waals surface area contributed by atoms with E-state index >= 15 is 0 Å². The van der Waals surface area contributed by atoms with Crippen molar-refractivity contribution in [3.8, 4) is 0 Å². The van der Waals surface area contributed by atoms with E-state index in [1.54, 1.807) is 5.01 Å². The fourth-order valence-electron chi connectivity index (χ4n) is 2.51. The van der Waals surface area contributed by atoms with Gasteiger partial charge in [0.15, 0.2) is 0 Å². The van der Waals surface area contributed by atoms with Gasteiger partial charge in [-0.15, -0.1) is 0 Å². The molecule has 2 rings (SSSR count). The van der Waals surface area contributed by atoms with E-state index in [0.717, 1.165) is 6.42 Å². The first kappa shape index (κ1) is 12.9. The molecule has 0 bridgehead atoms. The van der Waals surface area contributed by atoms with Gasteiger partial charge in [0.25, 0.3) is 0 Å². The van der Waals surface area contributed by atoms with E-state index in [4.69, 9.17) is 4.74 Å². The summed E-state index contributed by atoms with van der Waals surface area (Å²) in [5, 5.41) is 1.59. The zero-order chi connectivity index (χ0) is 13.2. The molecule has 2 atom stereocenters. The number of ether oxygens (including phenoxy) is 1. The van der Waals surface area contributed by atoms with Crippen molar-refractivity contribution in [3.63, 3.8) is 0 Å². The lowest BCUT2D eigenvalue weighted by atomic mass is 9.89. The normalized spacial score (nSPS) is 27.3. The van der Waals surface area contributed by atoms with Crippen LogP contribution < -0.4 is 5.43 Å². The number of carbonyl (C=O) groups excluding carboxylic acids is 1. The lowest BCUT2D eigenvalue weighted by molar-refractivity contribution is 0.0807. The van der Waals surface area contributed by atoms with Crippen LogP contribution in [0.1, 0.15) is 32.8 Å². The zero-order valence-electron chi connectivity index (χ0n) is 11.1. The Hall–Kier alpha value is -1.55. The van der Waals surface area contributed by atoms with Crippen molar-refractivity contribution in [2.24, 2.45) is 0 Å². The second-order valence-corrected chi connectivity index (χ2v) is 4.93. The Morgan fingerprint density at radius 2 is 2.17 bits per heavy atom. The Morgan fingerprint density at radius 1 is 1.50 bits per heavy atom. The standard InChI is InChI=1S/C14H20N2O2/c1-4-18-13(17)16-11(2)10-14(3,15-16)12-8-6-5-7-9-12/h5-9,11,15H,4,10H2,1-3H3. The number of nitrogens with zero attached hydrogens (tertiary/aromatic N) is 1. The minimum absolute atomic E-state index is 0.120. The summed E-state index contributed by atoms with van der Waals surface area (Å²) in [6, 6.07) is 10.3. The van der Waals surface area contributed by atoms with Crippen molar-refractivity contribution >= 4 is 6.09 Å². The van der Waals surface area contributed by atoms with E-state index in [1.807, 2.05) is 32.0 Å². The molecule has 1 amide bonds. The van der Waals surface area contributed by atoms with Crippen molar-refractivity contribution in [2.45, 2.75) is 38.8 Å². The molecule has 1 N–H and O–H groups in total. The van der Waals surface area contributed by atoms with Crippen molar-refractivity contribution in [2.75, 3.05) is 6.61 Å². The fraction of sp³-hybridized carbons (Fsp3) is 0.500. The van der Waals surface area contributed by atoms with Crippen molar-refractivity contribution < 1.29 is 9.53 Å². The highest BCUT2D eigenvalue weighted by Gasteiger charge is 2.42. The number of hydrazine groups is 1. The average molecular weight is 248 g/mol. The van der Waals surface area contributed by atoms with Crippen LogP contribution in [-0.2, 0) is 10.3 Å². The SMILES string of the molecule is CCOC(=O)N1NC(C)(c2ccccc2)CC1C. The molecule has 0 spiro atoms. The van der Waals surface area contributed by atoms with Crippen LogP contribution in [-0.4, -0.2) is 23.8 Å². The molecule has 1 aromatic carbocycles. The van der Waals surface area contributed by atoms with E-state index in [0.29, 0.717) is 6.61 Å². The third-order valence-corrected chi connectivity index (χ3v) is 3.39. The molecule has 98 valence electrons. The number of rotatable bonds is 2. The first-order valence-corrected chi connectivity index (χ1v) is 6.36. The highest BCUT2D eigenvalue weighted by atomic mass is 16.6. The maximum absolute atomic E-state index is 11.8. The van der Waals surface area contributed by atoms with Gasteiger partial charge >= 0.3 is 6.09 Å². The summed E-state index contributed by atoms with van der Waals surface area (Å²) in [4.78, 5) is 11.8. The average Bonchev–Trinajstić information content (AvgIpc) is 2.68. The van der Waals surface area contributed by atoms with Crippen LogP contribution in [0.2, 0.25) is 0 Å². The fourth-order valence-corrected chi connectivity index (χ4v) is 2.51. The number of carbonyl (C=O) groups is 1. The monoisotopic (exact) mass is 248 g/mol. The van der Waals surface area contributed by atoms with E-state index in [-0.39, 0.29) is 17.7 Å². The Balaban J connectivity index is 2.17. The van der Waals surface area contributed by atoms with Gasteiger partial charge < -0.3 is 4.74 Å². The number of amides is 1. The molecule has 0 saturated carbocycles. The third-order valence-electron chi connectivity index (χ3n) is 3.39. The van der Waals surface area contributed by atoms with Crippen LogP contribution in [0.3, 0.4) is 0 Å². The molecule has 2 unspecified atom stereocenters. The summed E-state index contributed by atoms with van der Waals surface area (Å²) in [6.45, 7) is 6.34. The molecule has 1 aromatic rings. The molecule has 1 heterocycles. The second kappa shape index (κ2) is 4.98. The third kappa shape index (κ3) is 2.34. The summed E-state index contributed by atoms with van der Waals surface area (Å²) in [5.74, 6) is 0. The Morgan fingerprint density at radius 3 is 2.78 bits per heavy atom. The predicted molar refractivity (Wildman–Crippen MR) is 69.9 cm³/mol. The van der Waals surface area contributed by atoms with Crippen LogP contribution >= 0.6 is 0 Å². The molecular formula is C14H20N2O2. The van der Waals surface area contributed by atoms with E-state index in [9.17, 15) is 4.79 Å².